The molecule has 5 rings (SSSR count). The van der Waals surface area contributed by atoms with Crippen LogP contribution in [0.4, 0.5) is 11.5 Å². The van der Waals surface area contributed by atoms with Gasteiger partial charge in [0.1, 0.15) is 5.01 Å². The Morgan fingerprint density at radius 1 is 1.24 bits per heavy atom. The zero-order valence-electron chi connectivity index (χ0n) is 16.1. The smallest absolute Gasteiger partial charge is 0.182 e. The van der Waals surface area contributed by atoms with Crippen LogP contribution in [0, 0.1) is 6.92 Å². The predicted molar refractivity (Wildman–Crippen MR) is 114 cm³/mol. The lowest BCUT2D eigenvalue weighted by Crippen LogP contribution is -2.26. The van der Waals surface area contributed by atoms with Gasteiger partial charge >= 0.3 is 0 Å². The van der Waals surface area contributed by atoms with E-state index in [1.54, 1.807) is 17.4 Å². The molecule has 1 saturated carbocycles. The van der Waals surface area contributed by atoms with Gasteiger partial charge < -0.3 is 11.1 Å². The molecule has 0 amide bonds. The fraction of sp³-hybridized carbons (Fsp3) is 0.400. The number of nitrogens with two attached hydrogens (primary N) is 1. The number of hydrogen-bond donors (Lipinski definition) is 3. The van der Waals surface area contributed by atoms with Crippen LogP contribution < -0.4 is 11.1 Å². The zero-order valence-corrected chi connectivity index (χ0v) is 17.7. The molecule has 2 heterocycles. The van der Waals surface area contributed by atoms with E-state index in [1.807, 2.05) is 25.1 Å². The van der Waals surface area contributed by atoms with E-state index in [2.05, 4.69) is 15.5 Å². The molecule has 0 spiro atoms. The summed E-state index contributed by atoms with van der Waals surface area (Å²) < 4.78 is 26.4. The first-order valence-electron chi connectivity index (χ1n) is 9.81. The Morgan fingerprint density at radius 2 is 2.07 bits per heavy atom. The third-order valence-corrected chi connectivity index (χ3v) is 8.89. The highest BCUT2D eigenvalue weighted by atomic mass is 32.2. The number of aryl methyl sites for hydroxylation is 2. The Morgan fingerprint density at radius 3 is 2.79 bits per heavy atom. The summed E-state index contributed by atoms with van der Waals surface area (Å²) in [6.45, 7) is 1.92. The topological polar surface area (TPSA) is 114 Å². The van der Waals surface area contributed by atoms with Gasteiger partial charge in [0.25, 0.3) is 0 Å². The van der Waals surface area contributed by atoms with Gasteiger partial charge in [0.05, 0.1) is 15.8 Å². The lowest BCUT2D eigenvalue weighted by atomic mass is 9.99. The van der Waals surface area contributed by atoms with Crippen LogP contribution in [0.1, 0.15) is 35.5 Å². The van der Waals surface area contributed by atoms with Crippen molar-refractivity contribution >= 4 is 32.7 Å². The van der Waals surface area contributed by atoms with Gasteiger partial charge in [-0.15, -0.1) is 11.3 Å². The van der Waals surface area contributed by atoms with E-state index in [4.69, 9.17) is 10.7 Å². The molecule has 9 heteroatoms. The van der Waals surface area contributed by atoms with Crippen LogP contribution in [0.5, 0.6) is 0 Å². The zero-order chi connectivity index (χ0) is 20.2. The molecule has 3 aromatic rings. The molecule has 0 radical (unpaired) electrons. The van der Waals surface area contributed by atoms with Crippen LogP contribution in [0.2, 0.25) is 0 Å². The molecule has 152 valence electrons. The first-order chi connectivity index (χ1) is 13.9. The lowest BCUT2D eigenvalue weighted by molar-refractivity contribution is 0.576. The summed E-state index contributed by atoms with van der Waals surface area (Å²) in [5.41, 5.74) is 9.49. The van der Waals surface area contributed by atoms with E-state index in [0.29, 0.717) is 22.0 Å². The molecule has 2 aromatic heterocycles. The van der Waals surface area contributed by atoms with E-state index in [-0.39, 0.29) is 11.3 Å². The molecule has 1 atom stereocenters. The molecular formula is C20H23N5O2S2. The molecule has 4 N–H and O–H groups in total. The SMILES string of the molecule is Cc1cc(Nc2ccc(-c3nc4c(s3)CC(N)CC4)c(S(=O)(=O)C3CC3)c2)n[nH]1. The number of nitrogens with one attached hydrogen (secondary N) is 2. The van der Waals surface area contributed by atoms with Crippen LogP contribution in [0.3, 0.4) is 0 Å². The highest BCUT2D eigenvalue weighted by Crippen LogP contribution is 2.41. The molecule has 0 aliphatic heterocycles. The fourth-order valence-corrected chi connectivity index (χ4v) is 6.90. The number of benzene rings is 1. The summed E-state index contributed by atoms with van der Waals surface area (Å²) in [4.78, 5) is 6.32. The van der Waals surface area contributed by atoms with Crippen molar-refractivity contribution in [1.82, 2.24) is 15.2 Å². The summed E-state index contributed by atoms with van der Waals surface area (Å²) in [6, 6.07) is 7.51. The minimum absolute atomic E-state index is 0.161. The molecule has 1 aromatic carbocycles. The fourth-order valence-electron chi connectivity index (χ4n) is 3.72. The quantitative estimate of drug-likeness (QED) is 0.573. The number of hydrogen-bond acceptors (Lipinski definition) is 7. The number of H-pyrrole nitrogens is 1. The monoisotopic (exact) mass is 429 g/mol. The Balaban J connectivity index is 1.57. The molecule has 2 aliphatic rings. The third-order valence-electron chi connectivity index (χ3n) is 5.44. The average Bonchev–Trinajstić information content (AvgIpc) is 3.36. The van der Waals surface area contributed by atoms with E-state index < -0.39 is 9.84 Å². The number of rotatable bonds is 5. The number of aromatic nitrogens is 3. The molecular weight excluding hydrogens is 406 g/mol. The van der Waals surface area contributed by atoms with Gasteiger partial charge in [-0.05, 0) is 57.2 Å². The summed E-state index contributed by atoms with van der Waals surface area (Å²) in [5, 5.41) is 10.7. The number of thiazole rings is 1. The summed E-state index contributed by atoms with van der Waals surface area (Å²) >= 11 is 1.57. The molecule has 2 aliphatic carbocycles. The van der Waals surface area contributed by atoms with Crippen LogP contribution in [-0.2, 0) is 22.7 Å². The maximum atomic E-state index is 13.2. The van der Waals surface area contributed by atoms with Crippen molar-refractivity contribution in [3.8, 4) is 10.6 Å². The van der Waals surface area contributed by atoms with Gasteiger partial charge in [-0.3, -0.25) is 5.10 Å². The highest BCUT2D eigenvalue weighted by Gasteiger charge is 2.39. The number of nitrogens with zero attached hydrogens (tertiary/aromatic N) is 2. The van der Waals surface area contributed by atoms with Gasteiger partial charge in [-0.2, -0.15) is 5.10 Å². The second kappa shape index (κ2) is 6.93. The van der Waals surface area contributed by atoms with E-state index in [0.717, 1.165) is 48.5 Å². The second-order valence-electron chi connectivity index (χ2n) is 7.91. The largest absolute Gasteiger partial charge is 0.339 e. The standard InChI is InChI=1S/C20H23N5O2S2/c1-11-8-19(25-24-11)22-13-3-6-15(18(10-13)29(26,27)14-4-5-14)20-23-16-7-2-12(21)9-17(16)28-20/h3,6,8,10,12,14H,2,4-5,7,9,21H2,1H3,(H2,22,24,25). The summed E-state index contributed by atoms with van der Waals surface area (Å²) in [5.74, 6) is 0.656. The van der Waals surface area contributed by atoms with Crippen molar-refractivity contribution in [3.05, 3.63) is 40.5 Å². The molecule has 1 unspecified atom stereocenters. The summed E-state index contributed by atoms with van der Waals surface area (Å²) in [7, 11) is -3.39. The minimum Gasteiger partial charge on any atom is -0.339 e. The first-order valence-corrected chi connectivity index (χ1v) is 12.2. The first kappa shape index (κ1) is 18.8. The van der Waals surface area contributed by atoms with Crippen molar-refractivity contribution in [1.29, 1.82) is 0 Å². The van der Waals surface area contributed by atoms with E-state index in [1.165, 1.54) is 4.88 Å². The van der Waals surface area contributed by atoms with E-state index >= 15 is 0 Å². The van der Waals surface area contributed by atoms with Crippen LogP contribution in [0.25, 0.3) is 10.6 Å². The predicted octanol–water partition coefficient (Wildman–Crippen LogP) is 3.34. The van der Waals surface area contributed by atoms with Gasteiger partial charge in [-0.1, -0.05) is 0 Å². The number of anilines is 2. The van der Waals surface area contributed by atoms with Gasteiger partial charge in [0.15, 0.2) is 15.7 Å². The Kier molecular flexibility index (Phi) is 4.49. The maximum absolute atomic E-state index is 13.2. The van der Waals surface area contributed by atoms with Crippen molar-refractivity contribution in [2.24, 2.45) is 5.73 Å². The number of fused-ring (bicyclic) bond motifs is 1. The average molecular weight is 430 g/mol. The third kappa shape index (κ3) is 3.58. The van der Waals surface area contributed by atoms with Crippen LogP contribution in [0.15, 0.2) is 29.2 Å². The van der Waals surface area contributed by atoms with Gasteiger partial charge in [-0.25, -0.2) is 13.4 Å². The van der Waals surface area contributed by atoms with Crippen molar-refractivity contribution in [2.45, 2.75) is 55.2 Å². The Hall–Kier alpha value is -2.23. The Bertz CT molecular complexity index is 1180. The molecule has 0 saturated heterocycles. The van der Waals surface area contributed by atoms with Crippen molar-refractivity contribution < 1.29 is 8.42 Å². The highest BCUT2D eigenvalue weighted by molar-refractivity contribution is 7.92. The normalized spacial score (nSPS) is 19.2. The second-order valence-corrected chi connectivity index (χ2v) is 11.2. The van der Waals surface area contributed by atoms with Gasteiger partial charge in [0, 0.05) is 33.9 Å². The lowest BCUT2D eigenvalue weighted by Gasteiger charge is -2.15. The van der Waals surface area contributed by atoms with Crippen molar-refractivity contribution in [3.63, 3.8) is 0 Å². The number of aromatic amines is 1. The minimum atomic E-state index is -3.39. The summed E-state index contributed by atoms with van der Waals surface area (Å²) in [6.07, 6.45) is 4.05. The molecule has 0 bridgehead atoms. The number of sulfone groups is 1. The Labute approximate surface area is 173 Å². The molecule has 7 nitrogen and oxygen atoms in total. The van der Waals surface area contributed by atoms with Crippen LogP contribution >= 0.6 is 11.3 Å². The van der Waals surface area contributed by atoms with Gasteiger partial charge in [0.2, 0.25) is 0 Å². The van der Waals surface area contributed by atoms with E-state index in [9.17, 15) is 8.42 Å². The molecule has 1 fully saturated rings. The van der Waals surface area contributed by atoms with Crippen LogP contribution in [-0.4, -0.2) is 34.9 Å². The molecule has 29 heavy (non-hydrogen) atoms. The van der Waals surface area contributed by atoms with Crippen molar-refractivity contribution in [2.75, 3.05) is 5.32 Å². The maximum Gasteiger partial charge on any atom is 0.182 e.